The van der Waals surface area contributed by atoms with Gasteiger partial charge in [0.05, 0.1) is 10.7 Å². The largest absolute Gasteiger partial charge is 0.328 e. The molecule has 3 nitrogen and oxygen atoms in total. The van der Waals surface area contributed by atoms with Gasteiger partial charge in [-0.15, -0.1) is 0 Å². The molecule has 2 rings (SSSR count). The van der Waals surface area contributed by atoms with Gasteiger partial charge in [0, 0.05) is 16.4 Å². The molecule has 1 heterocycles. The SMILES string of the molecule is Cc1cnc(Nc2ccc(Br)cc2Cl)[nH]1. The Morgan fingerprint density at radius 2 is 2.27 bits per heavy atom. The summed E-state index contributed by atoms with van der Waals surface area (Å²) in [6.45, 7) is 1.95. The van der Waals surface area contributed by atoms with Crippen LogP contribution in [0.5, 0.6) is 0 Å². The molecular weight excluding hydrogens is 277 g/mol. The van der Waals surface area contributed by atoms with E-state index < -0.39 is 0 Å². The normalized spacial score (nSPS) is 10.3. The van der Waals surface area contributed by atoms with Crippen molar-refractivity contribution in [2.45, 2.75) is 6.92 Å². The summed E-state index contributed by atoms with van der Waals surface area (Å²) in [7, 11) is 0. The Hall–Kier alpha value is -1.00. The minimum Gasteiger partial charge on any atom is -0.328 e. The van der Waals surface area contributed by atoms with Gasteiger partial charge in [0.1, 0.15) is 0 Å². The topological polar surface area (TPSA) is 40.7 Å². The molecule has 5 heteroatoms. The molecular formula is C10H9BrClN3. The fraction of sp³-hybridized carbons (Fsp3) is 0.100. The van der Waals surface area contributed by atoms with Crippen LogP contribution < -0.4 is 5.32 Å². The minimum absolute atomic E-state index is 0.651. The molecule has 0 aliphatic rings. The first-order chi connectivity index (χ1) is 7.15. The van der Waals surface area contributed by atoms with E-state index in [4.69, 9.17) is 11.6 Å². The molecule has 0 amide bonds. The Balaban J connectivity index is 2.24. The van der Waals surface area contributed by atoms with Crippen LogP contribution in [0.15, 0.2) is 28.9 Å². The van der Waals surface area contributed by atoms with Crippen LogP contribution in [-0.2, 0) is 0 Å². The third-order valence-corrected chi connectivity index (χ3v) is 2.69. The van der Waals surface area contributed by atoms with Crippen LogP contribution in [0.25, 0.3) is 0 Å². The number of benzene rings is 1. The van der Waals surface area contributed by atoms with Crippen molar-refractivity contribution in [1.82, 2.24) is 9.97 Å². The Labute approximate surface area is 101 Å². The van der Waals surface area contributed by atoms with Crippen LogP contribution in [0.4, 0.5) is 11.6 Å². The van der Waals surface area contributed by atoms with Crippen molar-refractivity contribution in [3.63, 3.8) is 0 Å². The maximum atomic E-state index is 6.05. The van der Waals surface area contributed by atoms with Crippen molar-refractivity contribution in [3.8, 4) is 0 Å². The van der Waals surface area contributed by atoms with Gasteiger partial charge in [-0.1, -0.05) is 27.5 Å². The van der Waals surface area contributed by atoms with Crippen LogP contribution in [0.1, 0.15) is 5.69 Å². The molecule has 78 valence electrons. The highest BCUT2D eigenvalue weighted by Gasteiger charge is 2.03. The number of aryl methyl sites for hydroxylation is 1. The number of hydrogen-bond acceptors (Lipinski definition) is 2. The fourth-order valence-corrected chi connectivity index (χ4v) is 1.92. The van der Waals surface area contributed by atoms with E-state index in [0.717, 1.165) is 15.9 Å². The zero-order chi connectivity index (χ0) is 10.8. The molecule has 0 aliphatic heterocycles. The van der Waals surface area contributed by atoms with E-state index in [9.17, 15) is 0 Å². The highest BCUT2D eigenvalue weighted by atomic mass is 79.9. The quantitative estimate of drug-likeness (QED) is 0.879. The molecule has 0 saturated carbocycles. The van der Waals surface area contributed by atoms with E-state index in [1.807, 2.05) is 25.1 Å². The summed E-state index contributed by atoms with van der Waals surface area (Å²) in [5.74, 6) is 0.691. The average Bonchev–Trinajstić information content (AvgIpc) is 2.56. The second kappa shape index (κ2) is 4.24. The number of imidazole rings is 1. The van der Waals surface area contributed by atoms with Crippen LogP contribution in [-0.4, -0.2) is 9.97 Å². The van der Waals surface area contributed by atoms with Gasteiger partial charge in [-0.25, -0.2) is 4.98 Å². The number of nitrogens with one attached hydrogen (secondary N) is 2. The van der Waals surface area contributed by atoms with E-state index in [1.54, 1.807) is 6.20 Å². The molecule has 0 fully saturated rings. The molecule has 0 saturated heterocycles. The smallest absolute Gasteiger partial charge is 0.204 e. The van der Waals surface area contributed by atoms with E-state index in [2.05, 4.69) is 31.2 Å². The predicted octanol–water partition coefficient (Wildman–Crippen LogP) is 3.88. The lowest BCUT2D eigenvalue weighted by Crippen LogP contribution is -1.93. The zero-order valence-corrected chi connectivity index (χ0v) is 10.4. The molecule has 2 N–H and O–H groups in total. The number of halogens is 2. The van der Waals surface area contributed by atoms with Crippen molar-refractivity contribution < 1.29 is 0 Å². The van der Waals surface area contributed by atoms with Gasteiger partial charge in [0.25, 0.3) is 0 Å². The number of hydrogen-bond donors (Lipinski definition) is 2. The van der Waals surface area contributed by atoms with Crippen LogP contribution in [0, 0.1) is 6.92 Å². The first-order valence-electron chi connectivity index (χ1n) is 4.39. The maximum Gasteiger partial charge on any atom is 0.204 e. The molecule has 0 atom stereocenters. The summed E-state index contributed by atoms with van der Waals surface area (Å²) in [5.41, 5.74) is 1.83. The Kier molecular flexibility index (Phi) is 2.98. The number of rotatable bonds is 2. The summed E-state index contributed by atoms with van der Waals surface area (Å²) in [5, 5.41) is 3.75. The van der Waals surface area contributed by atoms with Crippen molar-refractivity contribution in [3.05, 3.63) is 39.6 Å². The van der Waals surface area contributed by atoms with E-state index in [0.29, 0.717) is 11.0 Å². The van der Waals surface area contributed by atoms with E-state index in [-0.39, 0.29) is 0 Å². The van der Waals surface area contributed by atoms with Crippen LogP contribution in [0.2, 0.25) is 5.02 Å². The van der Waals surface area contributed by atoms with Gasteiger partial charge >= 0.3 is 0 Å². The predicted molar refractivity (Wildman–Crippen MR) is 65.8 cm³/mol. The van der Waals surface area contributed by atoms with Crippen LogP contribution in [0.3, 0.4) is 0 Å². The number of nitrogens with zero attached hydrogens (tertiary/aromatic N) is 1. The van der Waals surface area contributed by atoms with Crippen molar-refractivity contribution in [2.24, 2.45) is 0 Å². The summed E-state index contributed by atoms with van der Waals surface area (Å²) in [6.07, 6.45) is 1.76. The second-order valence-electron chi connectivity index (χ2n) is 3.16. The summed E-state index contributed by atoms with van der Waals surface area (Å²) in [6, 6.07) is 5.65. The van der Waals surface area contributed by atoms with Gasteiger partial charge in [0.2, 0.25) is 5.95 Å². The number of aromatic nitrogens is 2. The highest BCUT2D eigenvalue weighted by molar-refractivity contribution is 9.10. The molecule has 0 unspecified atom stereocenters. The molecule has 0 radical (unpaired) electrons. The number of aromatic amines is 1. The Morgan fingerprint density at radius 1 is 1.47 bits per heavy atom. The molecule has 0 bridgehead atoms. The molecule has 2 aromatic rings. The maximum absolute atomic E-state index is 6.05. The van der Waals surface area contributed by atoms with E-state index in [1.165, 1.54) is 0 Å². The number of anilines is 2. The second-order valence-corrected chi connectivity index (χ2v) is 4.49. The van der Waals surface area contributed by atoms with Gasteiger partial charge < -0.3 is 10.3 Å². The molecule has 15 heavy (non-hydrogen) atoms. The Bertz CT molecular complexity index is 481. The van der Waals surface area contributed by atoms with Crippen molar-refractivity contribution in [2.75, 3.05) is 5.32 Å². The first-order valence-corrected chi connectivity index (χ1v) is 5.56. The van der Waals surface area contributed by atoms with E-state index >= 15 is 0 Å². The third kappa shape index (κ3) is 2.52. The Morgan fingerprint density at radius 3 is 2.87 bits per heavy atom. The molecule has 1 aromatic heterocycles. The molecule has 1 aromatic carbocycles. The monoisotopic (exact) mass is 285 g/mol. The molecule has 0 spiro atoms. The van der Waals surface area contributed by atoms with Crippen molar-refractivity contribution in [1.29, 1.82) is 0 Å². The third-order valence-electron chi connectivity index (χ3n) is 1.89. The average molecular weight is 287 g/mol. The lowest BCUT2D eigenvalue weighted by Gasteiger charge is -2.05. The fourth-order valence-electron chi connectivity index (χ4n) is 1.19. The molecule has 0 aliphatic carbocycles. The lowest BCUT2D eigenvalue weighted by molar-refractivity contribution is 1.24. The van der Waals surface area contributed by atoms with Crippen molar-refractivity contribution >= 4 is 39.2 Å². The van der Waals surface area contributed by atoms with Gasteiger partial charge in [-0.2, -0.15) is 0 Å². The highest BCUT2D eigenvalue weighted by Crippen LogP contribution is 2.27. The summed E-state index contributed by atoms with van der Waals surface area (Å²) in [4.78, 5) is 7.21. The van der Waals surface area contributed by atoms with Crippen LogP contribution >= 0.6 is 27.5 Å². The van der Waals surface area contributed by atoms with Gasteiger partial charge in [-0.3, -0.25) is 0 Å². The number of H-pyrrole nitrogens is 1. The summed E-state index contributed by atoms with van der Waals surface area (Å²) >= 11 is 9.40. The zero-order valence-electron chi connectivity index (χ0n) is 8.01. The standard InChI is InChI=1S/C10H9BrClN3/c1-6-5-13-10(14-6)15-9-3-2-7(11)4-8(9)12/h2-5H,1H3,(H2,13,14,15). The summed E-state index contributed by atoms with van der Waals surface area (Å²) < 4.78 is 0.952. The minimum atomic E-state index is 0.651. The van der Waals surface area contributed by atoms with Gasteiger partial charge in [-0.05, 0) is 25.1 Å². The lowest BCUT2D eigenvalue weighted by atomic mass is 10.3. The first kappa shape index (κ1) is 10.5. The van der Waals surface area contributed by atoms with Gasteiger partial charge in [0.15, 0.2) is 0 Å².